The third-order valence-electron chi connectivity index (χ3n) is 5.56. The largest absolute Gasteiger partial charge is 0.497 e. The predicted octanol–water partition coefficient (Wildman–Crippen LogP) is 2.19. The summed E-state index contributed by atoms with van der Waals surface area (Å²) in [5, 5.41) is 2.95. The first kappa shape index (κ1) is 25.4. The second-order valence-corrected chi connectivity index (χ2v) is 9.31. The van der Waals surface area contributed by atoms with E-state index in [1.54, 1.807) is 31.4 Å². The number of hydrogen-bond acceptors (Lipinski definition) is 8. The SMILES string of the molecule is COc1ccc(N(C(=O)c2snc(C(N)=O)c2N)[C@H](CC(C)C)C(=O)NC[C@H]2CCCO2)cc1. The molecule has 184 valence electrons. The fourth-order valence-corrected chi connectivity index (χ4v) is 4.58. The van der Waals surface area contributed by atoms with E-state index in [1.165, 1.54) is 4.90 Å². The highest BCUT2D eigenvalue weighted by atomic mass is 32.1. The summed E-state index contributed by atoms with van der Waals surface area (Å²) in [5.74, 6) is -0.950. The van der Waals surface area contributed by atoms with Crippen LogP contribution in [0.2, 0.25) is 0 Å². The highest BCUT2D eigenvalue weighted by Gasteiger charge is 2.35. The monoisotopic (exact) mass is 489 g/mol. The molecule has 0 saturated carbocycles. The molecule has 0 unspecified atom stereocenters. The van der Waals surface area contributed by atoms with Gasteiger partial charge in [0.2, 0.25) is 5.91 Å². The molecule has 0 bridgehead atoms. The molecule has 2 aromatic rings. The van der Waals surface area contributed by atoms with E-state index in [0.717, 1.165) is 24.4 Å². The summed E-state index contributed by atoms with van der Waals surface area (Å²) >= 11 is 0.782. The Kier molecular flexibility index (Phi) is 8.46. The number of benzene rings is 1. The van der Waals surface area contributed by atoms with E-state index >= 15 is 0 Å². The van der Waals surface area contributed by atoms with Gasteiger partial charge in [-0.1, -0.05) is 13.8 Å². The molecule has 2 heterocycles. The third kappa shape index (κ3) is 5.84. The summed E-state index contributed by atoms with van der Waals surface area (Å²) in [4.78, 5) is 40.3. The van der Waals surface area contributed by atoms with Crippen molar-refractivity contribution in [1.29, 1.82) is 0 Å². The summed E-state index contributed by atoms with van der Waals surface area (Å²) in [5.41, 5.74) is 11.6. The lowest BCUT2D eigenvalue weighted by Crippen LogP contribution is -2.51. The summed E-state index contributed by atoms with van der Waals surface area (Å²) < 4.78 is 14.8. The zero-order chi connectivity index (χ0) is 24.8. The second-order valence-electron chi connectivity index (χ2n) is 8.54. The van der Waals surface area contributed by atoms with E-state index in [-0.39, 0.29) is 34.2 Å². The van der Waals surface area contributed by atoms with Crippen molar-refractivity contribution in [2.45, 2.75) is 45.3 Å². The predicted molar refractivity (Wildman–Crippen MR) is 130 cm³/mol. The average molecular weight is 490 g/mol. The van der Waals surface area contributed by atoms with Gasteiger partial charge in [0.05, 0.1) is 18.9 Å². The van der Waals surface area contributed by atoms with Crippen LogP contribution in [0.3, 0.4) is 0 Å². The number of nitrogens with zero attached hydrogens (tertiary/aromatic N) is 2. The van der Waals surface area contributed by atoms with Gasteiger partial charge in [0.1, 0.15) is 16.7 Å². The molecule has 11 heteroatoms. The van der Waals surface area contributed by atoms with Gasteiger partial charge < -0.3 is 26.3 Å². The van der Waals surface area contributed by atoms with Crippen molar-refractivity contribution in [2.24, 2.45) is 11.7 Å². The van der Waals surface area contributed by atoms with Crippen molar-refractivity contribution in [1.82, 2.24) is 9.69 Å². The number of primary amides is 1. The van der Waals surface area contributed by atoms with Crippen LogP contribution in [-0.4, -0.2) is 54.5 Å². The topological polar surface area (TPSA) is 150 Å². The standard InChI is InChI=1S/C23H31N5O5S/c1-13(2)11-17(22(30)26-12-16-5-4-10-33-16)28(14-6-8-15(32-3)9-7-14)23(31)20-18(24)19(21(25)29)27-34-20/h6-9,13,16-17H,4-5,10-12,24H2,1-3H3,(H2,25,29)(H,26,30)/t16-,17-/m1/s1. The number of nitrogens with one attached hydrogen (secondary N) is 1. The Morgan fingerprint density at radius 3 is 2.53 bits per heavy atom. The summed E-state index contributed by atoms with van der Waals surface area (Å²) in [6.07, 6.45) is 2.20. The molecular formula is C23H31N5O5S. The number of ether oxygens (including phenoxy) is 2. The minimum Gasteiger partial charge on any atom is -0.497 e. The molecule has 1 fully saturated rings. The molecule has 5 N–H and O–H groups in total. The molecule has 1 saturated heterocycles. The van der Waals surface area contributed by atoms with Gasteiger partial charge in [0, 0.05) is 18.8 Å². The van der Waals surface area contributed by atoms with Gasteiger partial charge in [0.15, 0.2) is 5.69 Å². The molecule has 1 aliphatic heterocycles. The lowest BCUT2D eigenvalue weighted by atomic mass is 10.00. The molecule has 0 radical (unpaired) electrons. The maximum Gasteiger partial charge on any atom is 0.272 e. The van der Waals surface area contributed by atoms with Crippen molar-refractivity contribution in [3.63, 3.8) is 0 Å². The zero-order valence-corrected chi connectivity index (χ0v) is 20.4. The molecule has 34 heavy (non-hydrogen) atoms. The number of rotatable bonds is 10. The summed E-state index contributed by atoms with van der Waals surface area (Å²) in [7, 11) is 1.54. The van der Waals surface area contributed by atoms with Crippen molar-refractivity contribution in [3.05, 3.63) is 34.8 Å². The smallest absolute Gasteiger partial charge is 0.272 e. The van der Waals surface area contributed by atoms with Crippen LogP contribution in [0.5, 0.6) is 5.75 Å². The molecule has 3 amide bonds. The first-order chi connectivity index (χ1) is 16.2. The Morgan fingerprint density at radius 1 is 1.29 bits per heavy atom. The minimum absolute atomic E-state index is 0.0379. The van der Waals surface area contributed by atoms with Crippen LogP contribution >= 0.6 is 11.5 Å². The number of anilines is 2. The second kappa shape index (κ2) is 11.3. The lowest BCUT2D eigenvalue weighted by Gasteiger charge is -2.32. The molecule has 2 atom stereocenters. The van der Waals surface area contributed by atoms with Crippen LogP contribution in [0.4, 0.5) is 11.4 Å². The van der Waals surface area contributed by atoms with E-state index < -0.39 is 17.9 Å². The van der Waals surface area contributed by atoms with Crippen LogP contribution in [0.25, 0.3) is 0 Å². The molecule has 0 aliphatic carbocycles. The average Bonchev–Trinajstić information content (AvgIpc) is 3.46. The minimum atomic E-state index is -0.833. The van der Waals surface area contributed by atoms with Crippen LogP contribution in [0.1, 0.15) is 53.3 Å². The Bertz CT molecular complexity index is 1020. The number of amides is 3. The Balaban J connectivity index is 1.99. The fourth-order valence-electron chi connectivity index (χ4n) is 3.83. The molecule has 1 aromatic heterocycles. The van der Waals surface area contributed by atoms with Gasteiger partial charge in [-0.2, -0.15) is 4.37 Å². The van der Waals surface area contributed by atoms with Gasteiger partial charge in [0.25, 0.3) is 11.8 Å². The highest BCUT2D eigenvalue weighted by Crippen LogP contribution is 2.30. The number of carbonyl (C=O) groups excluding carboxylic acids is 3. The lowest BCUT2D eigenvalue weighted by molar-refractivity contribution is -0.123. The Labute approximate surface area is 202 Å². The van der Waals surface area contributed by atoms with Crippen LogP contribution in [0.15, 0.2) is 24.3 Å². The highest BCUT2D eigenvalue weighted by molar-refractivity contribution is 7.09. The third-order valence-corrected chi connectivity index (χ3v) is 6.41. The van der Waals surface area contributed by atoms with Crippen LogP contribution in [-0.2, 0) is 9.53 Å². The van der Waals surface area contributed by atoms with Crippen molar-refractivity contribution < 1.29 is 23.9 Å². The number of aromatic nitrogens is 1. The van der Waals surface area contributed by atoms with Crippen LogP contribution in [0, 0.1) is 5.92 Å². The maximum absolute atomic E-state index is 13.8. The normalized spacial score (nSPS) is 16.3. The van der Waals surface area contributed by atoms with E-state index in [1.807, 2.05) is 13.8 Å². The number of nitrogens with two attached hydrogens (primary N) is 2. The molecule has 1 aromatic carbocycles. The fraction of sp³-hybridized carbons (Fsp3) is 0.478. The summed E-state index contributed by atoms with van der Waals surface area (Å²) in [6, 6.07) is 5.97. The maximum atomic E-state index is 13.8. The van der Waals surface area contributed by atoms with Gasteiger partial charge in [-0.3, -0.25) is 19.3 Å². The Hall–Kier alpha value is -3.18. The van der Waals surface area contributed by atoms with E-state index in [4.69, 9.17) is 20.9 Å². The number of methoxy groups -OCH3 is 1. The van der Waals surface area contributed by atoms with Crippen molar-refractivity contribution in [2.75, 3.05) is 30.9 Å². The Morgan fingerprint density at radius 2 is 2.00 bits per heavy atom. The number of nitrogen functional groups attached to an aromatic ring is 1. The number of hydrogen-bond donors (Lipinski definition) is 3. The van der Waals surface area contributed by atoms with Gasteiger partial charge in [-0.25, -0.2) is 0 Å². The van der Waals surface area contributed by atoms with E-state index in [2.05, 4.69) is 9.69 Å². The molecule has 10 nitrogen and oxygen atoms in total. The number of carbonyl (C=O) groups is 3. The van der Waals surface area contributed by atoms with Gasteiger partial charge in [-0.15, -0.1) is 0 Å². The summed E-state index contributed by atoms with van der Waals surface area (Å²) in [6.45, 7) is 5.00. The quantitative estimate of drug-likeness (QED) is 0.463. The van der Waals surface area contributed by atoms with Crippen LogP contribution < -0.4 is 26.4 Å². The molecular weight excluding hydrogens is 458 g/mol. The van der Waals surface area contributed by atoms with Gasteiger partial charge >= 0.3 is 0 Å². The van der Waals surface area contributed by atoms with Gasteiger partial charge in [-0.05, 0) is 61.0 Å². The van der Waals surface area contributed by atoms with E-state index in [9.17, 15) is 14.4 Å². The molecule has 0 spiro atoms. The molecule has 3 rings (SSSR count). The first-order valence-electron chi connectivity index (χ1n) is 11.1. The van der Waals surface area contributed by atoms with Crippen molar-refractivity contribution >= 4 is 40.6 Å². The van der Waals surface area contributed by atoms with E-state index in [0.29, 0.717) is 31.0 Å². The molecule has 1 aliphatic rings. The zero-order valence-electron chi connectivity index (χ0n) is 19.6. The van der Waals surface area contributed by atoms with Crippen molar-refractivity contribution in [3.8, 4) is 5.75 Å². The first-order valence-corrected chi connectivity index (χ1v) is 11.9.